The van der Waals surface area contributed by atoms with Gasteiger partial charge in [0.05, 0.1) is 56.2 Å². The van der Waals surface area contributed by atoms with E-state index in [0.29, 0.717) is 38.0 Å². The first-order chi connectivity index (χ1) is 26.5. The molecule has 3 aliphatic rings. The molecular formula is C40H48N8O7. The molecule has 55 heavy (non-hydrogen) atoms. The van der Waals surface area contributed by atoms with Gasteiger partial charge in [-0.25, -0.2) is 19.6 Å². The molecule has 7 rings (SSSR count). The number of alkyl carbamates (subject to hydrolysis) is 1. The zero-order valence-corrected chi connectivity index (χ0v) is 31.5. The highest BCUT2D eigenvalue weighted by molar-refractivity contribution is 5.88. The number of aromatic nitrogens is 4. The van der Waals surface area contributed by atoms with Gasteiger partial charge in [-0.2, -0.15) is 0 Å². The van der Waals surface area contributed by atoms with Crippen LogP contribution in [0.5, 0.6) is 0 Å². The van der Waals surface area contributed by atoms with Crippen LogP contribution in [0.2, 0.25) is 0 Å². The number of primary amides is 1. The van der Waals surface area contributed by atoms with Crippen LogP contribution in [-0.2, 0) is 23.8 Å². The van der Waals surface area contributed by atoms with E-state index in [2.05, 4.69) is 49.5 Å². The largest absolute Gasteiger partial charge is 0.453 e. The van der Waals surface area contributed by atoms with Gasteiger partial charge >= 0.3 is 12.2 Å². The quantitative estimate of drug-likeness (QED) is 0.156. The second-order valence-electron chi connectivity index (χ2n) is 15.0. The number of imidazole rings is 2. The van der Waals surface area contributed by atoms with Crippen molar-refractivity contribution in [2.75, 3.05) is 33.4 Å². The number of nitrogens with two attached hydrogens (primary N) is 1. The average molecular weight is 753 g/mol. The molecule has 2 aromatic carbocycles. The van der Waals surface area contributed by atoms with E-state index >= 15 is 0 Å². The van der Waals surface area contributed by atoms with Gasteiger partial charge < -0.3 is 45.0 Å². The van der Waals surface area contributed by atoms with Gasteiger partial charge in [0.1, 0.15) is 17.7 Å². The number of rotatable bonds is 11. The zero-order valence-electron chi connectivity index (χ0n) is 31.5. The summed E-state index contributed by atoms with van der Waals surface area (Å²) >= 11 is 0. The number of H-pyrrole nitrogens is 2. The number of benzene rings is 2. The first-order valence-electron chi connectivity index (χ1n) is 18.8. The maximum absolute atomic E-state index is 13.7. The normalized spacial score (nSPS) is 20.2. The van der Waals surface area contributed by atoms with Crippen LogP contribution in [0.4, 0.5) is 9.59 Å². The monoisotopic (exact) mass is 752 g/mol. The fraction of sp³-hybridized carbons (Fsp3) is 0.450. The molecule has 0 unspecified atom stereocenters. The zero-order chi connectivity index (χ0) is 38.9. The summed E-state index contributed by atoms with van der Waals surface area (Å²) in [4.78, 5) is 70.7. The van der Waals surface area contributed by atoms with Crippen molar-refractivity contribution in [3.63, 3.8) is 0 Å². The van der Waals surface area contributed by atoms with Crippen molar-refractivity contribution in [3.8, 4) is 33.6 Å². The van der Waals surface area contributed by atoms with Gasteiger partial charge in [0.2, 0.25) is 5.91 Å². The van der Waals surface area contributed by atoms with Crippen molar-refractivity contribution in [3.05, 3.63) is 72.6 Å². The predicted molar refractivity (Wildman–Crippen MR) is 202 cm³/mol. The van der Waals surface area contributed by atoms with Crippen molar-refractivity contribution in [2.24, 2.45) is 17.6 Å². The van der Waals surface area contributed by atoms with E-state index < -0.39 is 23.8 Å². The van der Waals surface area contributed by atoms with Crippen LogP contribution in [0, 0.1) is 11.8 Å². The van der Waals surface area contributed by atoms with Crippen molar-refractivity contribution in [1.29, 1.82) is 0 Å². The highest BCUT2D eigenvalue weighted by Gasteiger charge is 2.47. The number of hydrogen-bond acceptors (Lipinski definition) is 9. The Hall–Kier alpha value is -5.70. The minimum atomic E-state index is -1.37. The Morgan fingerprint density at radius 1 is 0.836 bits per heavy atom. The molecule has 0 aliphatic carbocycles. The number of carbonyl (C=O) groups excluding carboxylic acids is 4. The highest BCUT2D eigenvalue weighted by Crippen LogP contribution is 2.37. The van der Waals surface area contributed by atoms with Gasteiger partial charge in [-0.05, 0) is 54.9 Å². The second-order valence-corrected chi connectivity index (χ2v) is 15.0. The molecule has 0 bridgehead atoms. The lowest BCUT2D eigenvalue weighted by Gasteiger charge is -2.36. The van der Waals surface area contributed by atoms with E-state index in [0.717, 1.165) is 59.3 Å². The molecule has 290 valence electrons. The Labute approximate surface area is 319 Å². The number of ether oxygens (including phenoxy) is 3. The van der Waals surface area contributed by atoms with E-state index in [-0.39, 0.29) is 35.7 Å². The van der Waals surface area contributed by atoms with E-state index in [1.807, 2.05) is 38.1 Å². The Bertz CT molecular complexity index is 2020. The SMILES string of the molecule is COC(=O)N[C@H](C(=O)N1CCC[C@H]1c1ncc(-c2ccc(-c3ccc(-c4cnc([C@@H]5CCCN5C(=O)[C@@](C)(OC(N)=O)C(C)C)[nH]4)cc3)cc2)[nH]1)C1COC1. The van der Waals surface area contributed by atoms with E-state index in [1.54, 1.807) is 29.1 Å². The number of amides is 4. The van der Waals surface area contributed by atoms with E-state index in [1.165, 1.54) is 7.11 Å². The van der Waals surface area contributed by atoms with Crippen LogP contribution >= 0.6 is 0 Å². The summed E-state index contributed by atoms with van der Waals surface area (Å²) in [6.07, 6.45) is 5.11. The molecule has 4 atom stereocenters. The Morgan fingerprint density at radius 2 is 1.33 bits per heavy atom. The fourth-order valence-corrected chi connectivity index (χ4v) is 7.69. The van der Waals surface area contributed by atoms with E-state index in [9.17, 15) is 19.2 Å². The summed E-state index contributed by atoms with van der Waals surface area (Å²) in [7, 11) is 1.28. The highest BCUT2D eigenvalue weighted by atomic mass is 16.6. The number of aromatic amines is 2. The average Bonchev–Trinajstić information content (AvgIpc) is 4.00. The van der Waals surface area contributed by atoms with Gasteiger partial charge in [0.25, 0.3) is 5.91 Å². The molecule has 4 amide bonds. The molecular weight excluding hydrogens is 704 g/mol. The maximum Gasteiger partial charge on any atom is 0.407 e. The first kappa shape index (κ1) is 37.6. The van der Waals surface area contributed by atoms with Crippen molar-refractivity contribution >= 4 is 24.0 Å². The number of nitrogens with zero attached hydrogens (tertiary/aromatic N) is 4. The molecule has 0 radical (unpaired) electrons. The molecule has 2 aromatic heterocycles. The van der Waals surface area contributed by atoms with E-state index in [4.69, 9.17) is 19.9 Å². The smallest absolute Gasteiger partial charge is 0.407 e. The van der Waals surface area contributed by atoms with Crippen molar-refractivity contribution in [2.45, 2.75) is 70.2 Å². The van der Waals surface area contributed by atoms with Gasteiger partial charge in [0.15, 0.2) is 5.60 Å². The van der Waals surface area contributed by atoms with Crippen molar-refractivity contribution < 1.29 is 33.4 Å². The standard InChI is InChI=1S/C40H48N8O7/c1-23(2)40(3,55-38(41)51)37(50)48-18-6-8-32(48)35-43-20-30(45-35)27-15-11-25(12-16-27)24-9-13-26(14-10-24)29-19-42-34(44-29)31-7-5-17-47(31)36(49)33(28-21-54-22-28)46-39(52)53-4/h9-16,19-20,23,28,31-33H,5-8,17-18,21-22H2,1-4H3,(H2,41,51)(H,42,44)(H,43,45)(H,46,52)/t31-,32-,33-,40-/m0/s1. The molecule has 5 heterocycles. The van der Waals surface area contributed by atoms with Crippen LogP contribution in [0.3, 0.4) is 0 Å². The second kappa shape index (κ2) is 15.6. The number of likely N-dealkylation sites (tertiary alicyclic amines) is 2. The van der Waals surface area contributed by atoms with Gasteiger partial charge in [-0.15, -0.1) is 0 Å². The summed E-state index contributed by atoms with van der Waals surface area (Å²) in [6, 6.07) is 15.2. The fourth-order valence-electron chi connectivity index (χ4n) is 7.69. The number of methoxy groups -OCH3 is 1. The van der Waals surface area contributed by atoms with Crippen molar-refractivity contribution in [1.82, 2.24) is 35.1 Å². The van der Waals surface area contributed by atoms with Gasteiger partial charge in [-0.1, -0.05) is 62.4 Å². The lowest BCUT2D eigenvalue weighted by molar-refractivity contribution is -0.155. The first-order valence-corrected chi connectivity index (χ1v) is 18.8. The third-order valence-corrected chi connectivity index (χ3v) is 11.3. The third kappa shape index (κ3) is 7.53. The summed E-state index contributed by atoms with van der Waals surface area (Å²) in [5.74, 6) is 0.590. The van der Waals surface area contributed by atoms with Crippen LogP contribution in [0.25, 0.3) is 33.6 Å². The summed E-state index contributed by atoms with van der Waals surface area (Å²) in [6.45, 7) is 7.22. The Morgan fingerprint density at radius 3 is 1.78 bits per heavy atom. The minimum absolute atomic E-state index is 0.0974. The molecule has 4 aromatic rings. The molecule has 5 N–H and O–H groups in total. The molecule has 0 spiro atoms. The predicted octanol–water partition coefficient (Wildman–Crippen LogP) is 5.34. The lowest BCUT2D eigenvalue weighted by Crippen LogP contribution is -2.56. The lowest BCUT2D eigenvalue weighted by atomic mass is 9.90. The Balaban J connectivity index is 1.01. The molecule has 0 saturated carbocycles. The number of hydrogen-bond donors (Lipinski definition) is 4. The number of nitrogens with one attached hydrogen (secondary N) is 3. The summed E-state index contributed by atoms with van der Waals surface area (Å²) in [5, 5.41) is 2.71. The van der Waals surface area contributed by atoms with Gasteiger partial charge in [0, 0.05) is 24.9 Å². The Kier molecular flexibility index (Phi) is 10.6. The summed E-state index contributed by atoms with van der Waals surface area (Å²) < 4.78 is 15.4. The van der Waals surface area contributed by atoms with Gasteiger partial charge in [-0.3, -0.25) is 9.59 Å². The van der Waals surface area contributed by atoms with Crippen LogP contribution in [0.15, 0.2) is 60.9 Å². The molecule has 3 aliphatic heterocycles. The maximum atomic E-state index is 13.7. The molecule has 3 saturated heterocycles. The topological polar surface area (TPSA) is 198 Å². The number of carbonyl (C=O) groups is 4. The third-order valence-electron chi connectivity index (χ3n) is 11.3. The molecule has 15 heteroatoms. The van der Waals surface area contributed by atoms with Crippen LogP contribution in [-0.4, -0.2) is 98.8 Å². The van der Waals surface area contributed by atoms with Crippen LogP contribution < -0.4 is 11.1 Å². The molecule has 15 nitrogen and oxygen atoms in total. The minimum Gasteiger partial charge on any atom is -0.453 e. The molecule has 3 fully saturated rings. The summed E-state index contributed by atoms with van der Waals surface area (Å²) in [5.41, 5.74) is 9.64. The van der Waals surface area contributed by atoms with Crippen LogP contribution in [0.1, 0.15) is 70.2 Å².